The number of aromatic nitrogens is 2. The molecule has 1 atom stereocenters. The summed E-state index contributed by atoms with van der Waals surface area (Å²) in [5.41, 5.74) is 1.24. The van der Waals surface area contributed by atoms with Gasteiger partial charge in [0.2, 0.25) is 0 Å². The van der Waals surface area contributed by atoms with E-state index in [1.807, 2.05) is 12.1 Å². The van der Waals surface area contributed by atoms with Crippen LogP contribution in [0.3, 0.4) is 0 Å². The Kier molecular flexibility index (Phi) is 3.33. The van der Waals surface area contributed by atoms with Crippen LogP contribution in [0.4, 0.5) is 5.00 Å². The Morgan fingerprint density at radius 3 is 2.67 bits per heavy atom. The van der Waals surface area contributed by atoms with E-state index in [1.54, 1.807) is 6.20 Å². The SMILES string of the molecule is CC(Nc1cnns1)c1ccc(Br)cc1. The summed E-state index contributed by atoms with van der Waals surface area (Å²) in [4.78, 5) is 0. The second-order valence-electron chi connectivity index (χ2n) is 3.20. The molecule has 0 amide bonds. The Morgan fingerprint density at radius 2 is 2.07 bits per heavy atom. The number of nitrogens with zero attached hydrogens (tertiary/aromatic N) is 2. The van der Waals surface area contributed by atoms with E-state index in [2.05, 4.69) is 49.9 Å². The van der Waals surface area contributed by atoms with Crippen molar-refractivity contribution in [2.45, 2.75) is 13.0 Å². The molecule has 3 nitrogen and oxygen atoms in total. The van der Waals surface area contributed by atoms with E-state index in [4.69, 9.17) is 0 Å². The molecule has 2 rings (SSSR count). The fourth-order valence-electron chi connectivity index (χ4n) is 1.28. The van der Waals surface area contributed by atoms with Crippen LogP contribution in [0.1, 0.15) is 18.5 Å². The van der Waals surface area contributed by atoms with Crippen molar-refractivity contribution in [2.75, 3.05) is 5.32 Å². The lowest BCUT2D eigenvalue weighted by Crippen LogP contribution is -2.04. The van der Waals surface area contributed by atoms with Gasteiger partial charge >= 0.3 is 0 Å². The van der Waals surface area contributed by atoms with Crippen molar-refractivity contribution in [1.29, 1.82) is 0 Å². The normalized spacial score (nSPS) is 12.4. The van der Waals surface area contributed by atoms with Crippen LogP contribution in [-0.2, 0) is 0 Å². The van der Waals surface area contributed by atoms with Gasteiger partial charge in [-0.3, -0.25) is 0 Å². The number of hydrogen-bond donors (Lipinski definition) is 1. The highest BCUT2D eigenvalue weighted by atomic mass is 79.9. The molecule has 0 aliphatic carbocycles. The first kappa shape index (κ1) is 10.6. The molecule has 0 bridgehead atoms. The zero-order valence-corrected chi connectivity index (χ0v) is 10.5. The van der Waals surface area contributed by atoms with Gasteiger partial charge in [-0.1, -0.05) is 32.6 Å². The summed E-state index contributed by atoms with van der Waals surface area (Å²) in [6.45, 7) is 2.11. The highest BCUT2D eigenvalue weighted by Crippen LogP contribution is 2.21. The quantitative estimate of drug-likeness (QED) is 0.937. The van der Waals surface area contributed by atoms with Crippen LogP contribution >= 0.6 is 27.5 Å². The molecule has 1 aromatic heterocycles. The predicted octanol–water partition coefficient (Wildman–Crippen LogP) is 3.47. The zero-order chi connectivity index (χ0) is 10.7. The summed E-state index contributed by atoms with van der Waals surface area (Å²) < 4.78 is 4.90. The van der Waals surface area contributed by atoms with Gasteiger partial charge in [0.05, 0.1) is 6.20 Å². The average molecular weight is 284 g/mol. The lowest BCUT2D eigenvalue weighted by molar-refractivity contribution is 0.888. The topological polar surface area (TPSA) is 37.8 Å². The van der Waals surface area contributed by atoms with Crippen LogP contribution in [0.25, 0.3) is 0 Å². The van der Waals surface area contributed by atoms with E-state index in [1.165, 1.54) is 17.1 Å². The van der Waals surface area contributed by atoms with Crippen LogP contribution in [0, 0.1) is 0 Å². The van der Waals surface area contributed by atoms with Crippen molar-refractivity contribution >= 4 is 32.5 Å². The van der Waals surface area contributed by atoms with Crippen LogP contribution in [0.2, 0.25) is 0 Å². The van der Waals surface area contributed by atoms with Crippen molar-refractivity contribution in [1.82, 2.24) is 9.59 Å². The van der Waals surface area contributed by atoms with Crippen LogP contribution in [0.15, 0.2) is 34.9 Å². The second-order valence-corrected chi connectivity index (χ2v) is 4.90. The molecular weight excluding hydrogens is 274 g/mol. The molecular formula is C10H10BrN3S. The molecule has 0 spiro atoms. The maximum Gasteiger partial charge on any atom is 0.130 e. The molecule has 1 N–H and O–H groups in total. The van der Waals surface area contributed by atoms with Crippen molar-refractivity contribution < 1.29 is 0 Å². The van der Waals surface area contributed by atoms with Gasteiger partial charge in [-0.05, 0) is 24.6 Å². The Morgan fingerprint density at radius 1 is 1.33 bits per heavy atom. The predicted molar refractivity (Wildman–Crippen MR) is 66.1 cm³/mol. The van der Waals surface area contributed by atoms with Gasteiger partial charge in [0, 0.05) is 22.0 Å². The molecule has 1 aromatic carbocycles. The minimum absolute atomic E-state index is 0.264. The van der Waals surface area contributed by atoms with Gasteiger partial charge in [0.25, 0.3) is 0 Å². The molecule has 0 fully saturated rings. The largest absolute Gasteiger partial charge is 0.368 e. The van der Waals surface area contributed by atoms with Gasteiger partial charge in [0.15, 0.2) is 0 Å². The minimum atomic E-state index is 0.264. The smallest absolute Gasteiger partial charge is 0.130 e. The molecule has 0 radical (unpaired) electrons. The standard InChI is InChI=1S/C10H10BrN3S/c1-7(13-10-6-12-14-15-10)8-2-4-9(11)5-3-8/h2-7,13H,1H3. The van der Waals surface area contributed by atoms with Gasteiger partial charge in [-0.15, -0.1) is 5.10 Å². The first-order valence-corrected chi connectivity index (χ1v) is 6.12. The molecule has 2 aromatic rings. The summed E-state index contributed by atoms with van der Waals surface area (Å²) >= 11 is 4.78. The maximum absolute atomic E-state index is 3.80. The number of rotatable bonds is 3. The van der Waals surface area contributed by atoms with E-state index in [0.29, 0.717) is 0 Å². The molecule has 5 heteroatoms. The van der Waals surface area contributed by atoms with Crippen molar-refractivity contribution in [3.63, 3.8) is 0 Å². The van der Waals surface area contributed by atoms with Crippen LogP contribution in [0.5, 0.6) is 0 Å². The van der Waals surface area contributed by atoms with E-state index in [-0.39, 0.29) is 6.04 Å². The highest BCUT2D eigenvalue weighted by molar-refractivity contribution is 9.10. The van der Waals surface area contributed by atoms with Crippen molar-refractivity contribution in [3.05, 3.63) is 40.5 Å². The van der Waals surface area contributed by atoms with Gasteiger partial charge in [-0.2, -0.15) is 0 Å². The van der Waals surface area contributed by atoms with Crippen LogP contribution in [-0.4, -0.2) is 9.59 Å². The highest BCUT2D eigenvalue weighted by Gasteiger charge is 2.05. The monoisotopic (exact) mass is 283 g/mol. The molecule has 78 valence electrons. The molecule has 0 aliphatic rings. The summed E-state index contributed by atoms with van der Waals surface area (Å²) in [5.74, 6) is 0. The lowest BCUT2D eigenvalue weighted by atomic mass is 10.1. The minimum Gasteiger partial charge on any atom is -0.368 e. The second kappa shape index (κ2) is 4.72. The fraction of sp³-hybridized carbons (Fsp3) is 0.200. The zero-order valence-electron chi connectivity index (χ0n) is 8.14. The summed E-state index contributed by atoms with van der Waals surface area (Å²) in [6.07, 6.45) is 1.74. The van der Waals surface area contributed by atoms with Gasteiger partial charge in [-0.25, -0.2) is 0 Å². The fourth-order valence-corrected chi connectivity index (χ4v) is 2.05. The number of nitrogens with one attached hydrogen (secondary N) is 1. The Balaban J connectivity index is 2.08. The molecule has 1 heterocycles. The number of benzene rings is 1. The first-order chi connectivity index (χ1) is 7.25. The number of anilines is 1. The molecule has 0 saturated heterocycles. The van der Waals surface area contributed by atoms with Crippen molar-refractivity contribution in [3.8, 4) is 0 Å². The molecule has 0 aliphatic heterocycles. The number of hydrogen-bond acceptors (Lipinski definition) is 4. The molecule has 0 saturated carbocycles. The Labute approximate surface area is 101 Å². The molecule has 15 heavy (non-hydrogen) atoms. The Bertz CT molecular complexity index is 413. The summed E-state index contributed by atoms with van der Waals surface area (Å²) in [5, 5.41) is 8.11. The van der Waals surface area contributed by atoms with E-state index >= 15 is 0 Å². The van der Waals surface area contributed by atoms with E-state index in [0.717, 1.165) is 9.47 Å². The first-order valence-electron chi connectivity index (χ1n) is 4.55. The Hall–Kier alpha value is -0.940. The average Bonchev–Trinajstić information content (AvgIpc) is 2.71. The summed E-state index contributed by atoms with van der Waals surface area (Å²) in [6, 6.07) is 8.53. The van der Waals surface area contributed by atoms with E-state index in [9.17, 15) is 0 Å². The third-order valence-corrected chi connectivity index (χ3v) is 3.21. The van der Waals surface area contributed by atoms with Gasteiger partial charge < -0.3 is 5.32 Å². The third kappa shape index (κ3) is 2.76. The molecule has 1 unspecified atom stereocenters. The van der Waals surface area contributed by atoms with E-state index < -0.39 is 0 Å². The summed E-state index contributed by atoms with van der Waals surface area (Å²) in [7, 11) is 0. The lowest BCUT2D eigenvalue weighted by Gasteiger charge is -2.13. The maximum atomic E-state index is 3.80. The number of halogens is 1. The van der Waals surface area contributed by atoms with Crippen LogP contribution < -0.4 is 5.32 Å². The van der Waals surface area contributed by atoms with Gasteiger partial charge in [0.1, 0.15) is 5.00 Å². The van der Waals surface area contributed by atoms with Crippen molar-refractivity contribution in [2.24, 2.45) is 0 Å². The third-order valence-electron chi connectivity index (χ3n) is 2.09.